The first-order chi connectivity index (χ1) is 9.72. The van der Waals surface area contributed by atoms with Crippen LogP contribution in [-0.4, -0.2) is 20.1 Å². The Morgan fingerprint density at radius 2 is 1.55 bits per heavy atom. The fraction of sp³-hybridized carbons (Fsp3) is 0.333. The molecule has 0 radical (unpaired) electrons. The maximum atomic E-state index is 3.68. The smallest absolute Gasteiger partial charge is 0.0361 e. The van der Waals surface area contributed by atoms with Crippen LogP contribution < -0.4 is 10.2 Å². The summed E-state index contributed by atoms with van der Waals surface area (Å²) in [4.78, 5) is 2.13. The third kappa shape index (κ3) is 2.86. The molecule has 20 heavy (non-hydrogen) atoms. The van der Waals surface area contributed by atoms with Gasteiger partial charge in [0.2, 0.25) is 0 Å². The molecule has 3 rings (SSSR count). The molecular weight excluding hydrogens is 244 g/mol. The summed E-state index contributed by atoms with van der Waals surface area (Å²) in [6.45, 7) is 0.951. The number of benzene rings is 2. The number of nitrogens with one attached hydrogen (secondary N) is 1. The average Bonchev–Trinajstić information content (AvgIpc) is 2.88. The number of rotatable bonds is 4. The van der Waals surface area contributed by atoms with Crippen LogP contribution in [0.4, 0.5) is 5.69 Å². The molecule has 0 atom stereocenters. The van der Waals surface area contributed by atoms with E-state index in [0.29, 0.717) is 6.04 Å². The second kappa shape index (κ2) is 5.68. The van der Waals surface area contributed by atoms with E-state index >= 15 is 0 Å². The van der Waals surface area contributed by atoms with E-state index in [9.17, 15) is 0 Å². The van der Waals surface area contributed by atoms with Crippen molar-refractivity contribution >= 4 is 5.69 Å². The van der Waals surface area contributed by atoms with Gasteiger partial charge in [-0.1, -0.05) is 36.4 Å². The summed E-state index contributed by atoms with van der Waals surface area (Å²) in [6.07, 6.45) is 2.32. The van der Waals surface area contributed by atoms with E-state index < -0.39 is 0 Å². The summed E-state index contributed by atoms with van der Waals surface area (Å²) >= 11 is 0. The number of fused-ring (bicyclic) bond motifs is 1. The van der Waals surface area contributed by atoms with Crippen LogP contribution in [0, 0.1) is 0 Å². The molecule has 0 aromatic heterocycles. The Morgan fingerprint density at radius 1 is 0.950 bits per heavy atom. The molecule has 1 aliphatic rings. The monoisotopic (exact) mass is 266 g/mol. The van der Waals surface area contributed by atoms with Gasteiger partial charge in [0, 0.05) is 32.4 Å². The van der Waals surface area contributed by atoms with E-state index in [0.717, 1.165) is 19.4 Å². The normalized spacial score (nSPS) is 14.3. The van der Waals surface area contributed by atoms with Crippen LogP contribution in [0.2, 0.25) is 0 Å². The molecule has 0 spiro atoms. The largest absolute Gasteiger partial charge is 0.378 e. The predicted molar refractivity (Wildman–Crippen MR) is 85.2 cm³/mol. The summed E-state index contributed by atoms with van der Waals surface area (Å²) in [5.41, 5.74) is 5.62. The number of nitrogens with zero attached hydrogens (tertiary/aromatic N) is 1. The second-order valence-corrected chi connectivity index (χ2v) is 5.82. The Hall–Kier alpha value is -1.80. The quantitative estimate of drug-likeness (QED) is 0.915. The molecule has 0 unspecified atom stereocenters. The molecule has 2 nitrogen and oxygen atoms in total. The Labute approximate surface area is 121 Å². The van der Waals surface area contributed by atoms with Gasteiger partial charge in [0.05, 0.1) is 0 Å². The zero-order chi connectivity index (χ0) is 13.9. The molecule has 104 valence electrons. The maximum absolute atomic E-state index is 3.68. The minimum Gasteiger partial charge on any atom is -0.378 e. The van der Waals surface area contributed by atoms with Gasteiger partial charge < -0.3 is 10.2 Å². The highest BCUT2D eigenvalue weighted by atomic mass is 15.1. The lowest BCUT2D eigenvalue weighted by Gasteiger charge is -2.14. The lowest BCUT2D eigenvalue weighted by Crippen LogP contribution is -2.28. The highest BCUT2D eigenvalue weighted by molar-refractivity contribution is 5.46. The van der Waals surface area contributed by atoms with Crippen molar-refractivity contribution in [3.05, 3.63) is 65.2 Å². The molecule has 0 fully saturated rings. The molecule has 0 aliphatic heterocycles. The van der Waals surface area contributed by atoms with Crippen molar-refractivity contribution in [3.8, 4) is 0 Å². The van der Waals surface area contributed by atoms with Gasteiger partial charge in [0.1, 0.15) is 0 Å². The Balaban J connectivity index is 1.56. The third-order valence-electron chi connectivity index (χ3n) is 4.10. The molecule has 2 aromatic rings. The van der Waals surface area contributed by atoms with Crippen LogP contribution in [0.1, 0.15) is 16.7 Å². The SMILES string of the molecule is CN(C)c1ccc(CNC2Cc3ccccc3C2)cc1. The van der Waals surface area contributed by atoms with Crippen molar-refractivity contribution in [1.82, 2.24) is 5.32 Å². The topological polar surface area (TPSA) is 15.3 Å². The van der Waals surface area contributed by atoms with E-state index in [1.807, 2.05) is 0 Å². The van der Waals surface area contributed by atoms with E-state index in [-0.39, 0.29) is 0 Å². The molecule has 2 aromatic carbocycles. The van der Waals surface area contributed by atoms with Crippen molar-refractivity contribution < 1.29 is 0 Å². The number of hydrogen-bond acceptors (Lipinski definition) is 2. The fourth-order valence-electron chi connectivity index (χ4n) is 2.88. The van der Waals surface area contributed by atoms with Gasteiger partial charge >= 0.3 is 0 Å². The Kier molecular flexibility index (Phi) is 3.75. The number of hydrogen-bond donors (Lipinski definition) is 1. The molecule has 1 aliphatic carbocycles. The summed E-state index contributed by atoms with van der Waals surface area (Å²) in [7, 11) is 4.14. The lowest BCUT2D eigenvalue weighted by molar-refractivity contribution is 0.533. The summed E-state index contributed by atoms with van der Waals surface area (Å²) in [6, 6.07) is 18.2. The van der Waals surface area contributed by atoms with E-state index in [2.05, 4.69) is 72.8 Å². The van der Waals surface area contributed by atoms with Gasteiger partial charge in [-0.05, 0) is 41.7 Å². The van der Waals surface area contributed by atoms with Crippen molar-refractivity contribution in [2.75, 3.05) is 19.0 Å². The van der Waals surface area contributed by atoms with Gasteiger partial charge in [-0.25, -0.2) is 0 Å². The molecule has 0 amide bonds. The summed E-state index contributed by atoms with van der Waals surface area (Å²) in [5, 5.41) is 3.68. The maximum Gasteiger partial charge on any atom is 0.0361 e. The minimum absolute atomic E-state index is 0.584. The summed E-state index contributed by atoms with van der Waals surface area (Å²) < 4.78 is 0. The van der Waals surface area contributed by atoms with E-state index in [1.54, 1.807) is 0 Å². The van der Waals surface area contributed by atoms with Crippen LogP contribution in [0.25, 0.3) is 0 Å². The Morgan fingerprint density at radius 3 is 2.10 bits per heavy atom. The Bertz CT molecular complexity index is 547. The third-order valence-corrected chi connectivity index (χ3v) is 4.10. The average molecular weight is 266 g/mol. The van der Waals surface area contributed by atoms with E-state index in [4.69, 9.17) is 0 Å². The zero-order valence-electron chi connectivity index (χ0n) is 12.3. The molecule has 2 heteroatoms. The van der Waals surface area contributed by atoms with Crippen LogP contribution >= 0.6 is 0 Å². The summed E-state index contributed by atoms with van der Waals surface area (Å²) in [5.74, 6) is 0. The molecule has 1 N–H and O–H groups in total. The predicted octanol–water partition coefficient (Wildman–Crippen LogP) is 3.01. The molecule has 0 bridgehead atoms. The minimum atomic E-state index is 0.584. The van der Waals surface area contributed by atoms with Gasteiger partial charge in [-0.15, -0.1) is 0 Å². The standard InChI is InChI=1S/C18H22N2/c1-20(2)18-9-7-14(8-10-18)13-19-17-11-15-5-3-4-6-16(15)12-17/h3-10,17,19H,11-13H2,1-2H3. The van der Waals surface area contributed by atoms with Crippen LogP contribution in [0.5, 0.6) is 0 Å². The van der Waals surface area contributed by atoms with Gasteiger partial charge in [0.25, 0.3) is 0 Å². The van der Waals surface area contributed by atoms with Crippen LogP contribution in [0.3, 0.4) is 0 Å². The number of anilines is 1. The highest BCUT2D eigenvalue weighted by Gasteiger charge is 2.19. The lowest BCUT2D eigenvalue weighted by atomic mass is 10.1. The molecule has 0 saturated heterocycles. The molecule has 0 saturated carbocycles. The molecule has 0 heterocycles. The first-order valence-electron chi connectivity index (χ1n) is 7.29. The zero-order valence-corrected chi connectivity index (χ0v) is 12.3. The first-order valence-corrected chi connectivity index (χ1v) is 7.29. The van der Waals surface area contributed by atoms with Gasteiger partial charge in [-0.3, -0.25) is 0 Å². The van der Waals surface area contributed by atoms with Crippen LogP contribution in [0.15, 0.2) is 48.5 Å². The van der Waals surface area contributed by atoms with Crippen molar-refractivity contribution in [3.63, 3.8) is 0 Å². The van der Waals surface area contributed by atoms with E-state index in [1.165, 1.54) is 22.4 Å². The molecular formula is C18H22N2. The van der Waals surface area contributed by atoms with Crippen molar-refractivity contribution in [2.45, 2.75) is 25.4 Å². The fourth-order valence-corrected chi connectivity index (χ4v) is 2.88. The van der Waals surface area contributed by atoms with Gasteiger partial charge in [-0.2, -0.15) is 0 Å². The first kappa shape index (κ1) is 13.2. The highest BCUT2D eigenvalue weighted by Crippen LogP contribution is 2.22. The van der Waals surface area contributed by atoms with Crippen LogP contribution in [-0.2, 0) is 19.4 Å². The van der Waals surface area contributed by atoms with Crippen molar-refractivity contribution in [1.29, 1.82) is 0 Å². The van der Waals surface area contributed by atoms with Crippen molar-refractivity contribution in [2.24, 2.45) is 0 Å². The second-order valence-electron chi connectivity index (χ2n) is 5.82. The van der Waals surface area contributed by atoms with Gasteiger partial charge in [0.15, 0.2) is 0 Å².